The lowest BCUT2D eigenvalue weighted by molar-refractivity contribution is -0.119. The van der Waals surface area contributed by atoms with Gasteiger partial charge >= 0.3 is 0 Å². The number of nitrogens with two attached hydrogens (primary N) is 1. The number of hydrazine groups is 1. The van der Waals surface area contributed by atoms with Crippen LogP contribution < -0.4 is 16.6 Å². The summed E-state index contributed by atoms with van der Waals surface area (Å²) in [5, 5.41) is 3.55. The standard InChI is InChI=1S/C14H22ClN5O/c1-10(21)17-8-11-4-6-20(7-5-11)9-13-12(15)2-3-14(18-13)19-16/h2-3,11H,4-9,16H2,1H3,(H,17,21)(H,18,19). The van der Waals surface area contributed by atoms with Crippen LogP contribution in [0, 0.1) is 5.92 Å². The summed E-state index contributed by atoms with van der Waals surface area (Å²) in [5.74, 6) is 6.60. The van der Waals surface area contributed by atoms with E-state index in [1.807, 2.05) is 6.07 Å². The molecule has 0 spiro atoms. The van der Waals surface area contributed by atoms with Crippen molar-refractivity contribution < 1.29 is 4.79 Å². The molecule has 0 bridgehead atoms. The van der Waals surface area contributed by atoms with Crippen LogP contribution in [-0.4, -0.2) is 35.4 Å². The summed E-state index contributed by atoms with van der Waals surface area (Å²) < 4.78 is 0. The maximum absolute atomic E-state index is 10.9. The van der Waals surface area contributed by atoms with Crippen LogP contribution in [-0.2, 0) is 11.3 Å². The number of nitrogen functional groups attached to an aromatic ring is 1. The molecule has 7 heteroatoms. The summed E-state index contributed by atoms with van der Waals surface area (Å²) >= 11 is 6.18. The first-order chi connectivity index (χ1) is 10.1. The van der Waals surface area contributed by atoms with Crippen LogP contribution in [0.2, 0.25) is 5.02 Å². The molecule has 1 saturated heterocycles. The smallest absolute Gasteiger partial charge is 0.216 e. The van der Waals surface area contributed by atoms with Crippen molar-refractivity contribution in [3.8, 4) is 0 Å². The van der Waals surface area contributed by atoms with E-state index in [0.29, 0.717) is 16.8 Å². The number of carbonyl (C=O) groups is 1. The van der Waals surface area contributed by atoms with Crippen molar-refractivity contribution in [2.45, 2.75) is 26.3 Å². The molecular formula is C14H22ClN5O. The maximum atomic E-state index is 10.9. The third-order valence-corrected chi connectivity index (χ3v) is 4.13. The number of pyridine rings is 1. The van der Waals surface area contributed by atoms with E-state index >= 15 is 0 Å². The van der Waals surface area contributed by atoms with Gasteiger partial charge in [0.1, 0.15) is 5.82 Å². The zero-order valence-electron chi connectivity index (χ0n) is 12.2. The molecule has 116 valence electrons. The Kier molecular flexibility index (Phi) is 5.78. The molecule has 1 aliphatic rings. The average molecular weight is 312 g/mol. The Morgan fingerprint density at radius 3 is 2.81 bits per heavy atom. The summed E-state index contributed by atoms with van der Waals surface area (Å²) in [6.07, 6.45) is 2.15. The van der Waals surface area contributed by atoms with E-state index in [2.05, 4.69) is 20.6 Å². The number of halogens is 1. The molecule has 1 aromatic heterocycles. The summed E-state index contributed by atoms with van der Waals surface area (Å²) in [4.78, 5) is 17.7. The molecule has 0 unspecified atom stereocenters. The van der Waals surface area contributed by atoms with Gasteiger partial charge in [0.25, 0.3) is 0 Å². The van der Waals surface area contributed by atoms with E-state index in [9.17, 15) is 4.79 Å². The molecule has 1 fully saturated rings. The third kappa shape index (κ3) is 4.84. The fourth-order valence-electron chi connectivity index (χ4n) is 2.52. The summed E-state index contributed by atoms with van der Waals surface area (Å²) in [6.45, 7) is 5.03. The molecule has 1 aliphatic heterocycles. The number of aromatic nitrogens is 1. The minimum Gasteiger partial charge on any atom is -0.356 e. The first-order valence-electron chi connectivity index (χ1n) is 7.17. The SMILES string of the molecule is CC(=O)NCC1CCN(Cc2nc(NN)ccc2Cl)CC1. The molecule has 2 rings (SSSR count). The van der Waals surface area contributed by atoms with Crippen LogP contribution in [0.1, 0.15) is 25.5 Å². The molecular weight excluding hydrogens is 290 g/mol. The predicted octanol–water partition coefficient (Wildman–Crippen LogP) is 1.37. The second-order valence-corrected chi connectivity index (χ2v) is 5.83. The molecule has 1 aromatic rings. The van der Waals surface area contributed by atoms with Crippen LogP contribution in [0.3, 0.4) is 0 Å². The van der Waals surface area contributed by atoms with Crippen molar-refractivity contribution in [1.82, 2.24) is 15.2 Å². The Labute approximate surface area is 130 Å². The highest BCUT2D eigenvalue weighted by atomic mass is 35.5. The fourth-order valence-corrected chi connectivity index (χ4v) is 2.69. The highest BCUT2D eigenvalue weighted by molar-refractivity contribution is 6.31. The highest BCUT2D eigenvalue weighted by Crippen LogP contribution is 2.22. The van der Waals surface area contributed by atoms with Crippen molar-refractivity contribution in [3.63, 3.8) is 0 Å². The molecule has 0 saturated carbocycles. The lowest BCUT2D eigenvalue weighted by atomic mass is 9.96. The van der Waals surface area contributed by atoms with Gasteiger partial charge < -0.3 is 10.7 Å². The Morgan fingerprint density at radius 2 is 2.19 bits per heavy atom. The monoisotopic (exact) mass is 311 g/mol. The number of amides is 1. The van der Waals surface area contributed by atoms with Crippen molar-refractivity contribution in [2.24, 2.45) is 11.8 Å². The molecule has 2 heterocycles. The Hall–Kier alpha value is -1.37. The van der Waals surface area contributed by atoms with Gasteiger partial charge in [0.15, 0.2) is 0 Å². The quantitative estimate of drug-likeness (QED) is 0.565. The Bertz CT molecular complexity index is 488. The summed E-state index contributed by atoms with van der Waals surface area (Å²) in [7, 11) is 0. The van der Waals surface area contributed by atoms with Crippen molar-refractivity contribution in [2.75, 3.05) is 25.1 Å². The second kappa shape index (κ2) is 7.59. The minimum absolute atomic E-state index is 0.0412. The summed E-state index contributed by atoms with van der Waals surface area (Å²) in [6, 6.07) is 3.56. The Balaban J connectivity index is 1.84. The maximum Gasteiger partial charge on any atom is 0.216 e. The Morgan fingerprint density at radius 1 is 1.48 bits per heavy atom. The number of hydrogen-bond acceptors (Lipinski definition) is 5. The molecule has 1 amide bonds. The normalized spacial score (nSPS) is 16.7. The van der Waals surface area contributed by atoms with Crippen molar-refractivity contribution in [1.29, 1.82) is 0 Å². The average Bonchev–Trinajstić information content (AvgIpc) is 2.48. The van der Waals surface area contributed by atoms with Gasteiger partial charge in [0.05, 0.1) is 10.7 Å². The number of rotatable bonds is 5. The minimum atomic E-state index is 0.0412. The van der Waals surface area contributed by atoms with Crippen LogP contribution in [0.25, 0.3) is 0 Å². The zero-order chi connectivity index (χ0) is 15.2. The van der Waals surface area contributed by atoms with Gasteiger partial charge in [-0.2, -0.15) is 0 Å². The largest absolute Gasteiger partial charge is 0.356 e. The number of carbonyl (C=O) groups excluding carboxylic acids is 1. The van der Waals surface area contributed by atoms with Crippen LogP contribution in [0.15, 0.2) is 12.1 Å². The van der Waals surface area contributed by atoms with Crippen LogP contribution >= 0.6 is 11.6 Å². The van der Waals surface area contributed by atoms with E-state index < -0.39 is 0 Å². The molecule has 0 radical (unpaired) electrons. The number of likely N-dealkylation sites (tertiary alicyclic amines) is 1. The number of nitrogens with one attached hydrogen (secondary N) is 2. The van der Waals surface area contributed by atoms with Crippen LogP contribution in [0.4, 0.5) is 5.82 Å². The van der Waals surface area contributed by atoms with Crippen LogP contribution in [0.5, 0.6) is 0 Å². The van der Waals surface area contributed by atoms with Gasteiger partial charge in [-0.15, -0.1) is 0 Å². The topological polar surface area (TPSA) is 83.3 Å². The van der Waals surface area contributed by atoms with E-state index in [4.69, 9.17) is 17.4 Å². The van der Waals surface area contributed by atoms with Gasteiger partial charge in [0, 0.05) is 20.0 Å². The fraction of sp³-hybridized carbons (Fsp3) is 0.571. The van der Waals surface area contributed by atoms with Gasteiger partial charge in [-0.3, -0.25) is 9.69 Å². The summed E-state index contributed by atoms with van der Waals surface area (Å²) in [5.41, 5.74) is 3.38. The van der Waals surface area contributed by atoms with Gasteiger partial charge in [-0.25, -0.2) is 10.8 Å². The lowest BCUT2D eigenvalue weighted by Gasteiger charge is -2.31. The number of anilines is 1. The first-order valence-corrected chi connectivity index (χ1v) is 7.55. The molecule has 6 nitrogen and oxygen atoms in total. The number of piperidine rings is 1. The van der Waals surface area contributed by atoms with E-state index in [1.165, 1.54) is 0 Å². The molecule has 0 aliphatic carbocycles. The van der Waals surface area contributed by atoms with Gasteiger partial charge in [-0.05, 0) is 44.0 Å². The predicted molar refractivity (Wildman–Crippen MR) is 83.7 cm³/mol. The zero-order valence-corrected chi connectivity index (χ0v) is 13.0. The molecule has 0 atom stereocenters. The van der Waals surface area contributed by atoms with Crippen molar-refractivity contribution in [3.05, 3.63) is 22.8 Å². The second-order valence-electron chi connectivity index (χ2n) is 5.43. The van der Waals surface area contributed by atoms with E-state index in [0.717, 1.165) is 44.7 Å². The molecule has 0 aromatic carbocycles. The lowest BCUT2D eigenvalue weighted by Crippen LogP contribution is -2.38. The third-order valence-electron chi connectivity index (χ3n) is 3.79. The number of hydrogen-bond donors (Lipinski definition) is 3. The number of nitrogens with zero attached hydrogens (tertiary/aromatic N) is 2. The molecule has 21 heavy (non-hydrogen) atoms. The van der Waals surface area contributed by atoms with Gasteiger partial charge in [0.2, 0.25) is 5.91 Å². The van der Waals surface area contributed by atoms with Crippen molar-refractivity contribution >= 4 is 23.3 Å². The van der Waals surface area contributed by atoms with E-state index in [1.54, 1.807) is 13.0 Å². The van der Waals surface area contributed by atoms with Gasteiger partial charge in [-0.1, -0.05) is 11.6 Å². The van der Waals surface area contributed by atoms with E-state index in [-0.39, 0.29) is 5.91 Å². The molecule has 4 N–H and O–H groups in total. The highest BCUT2D eigenvalue weighted by Gasteiger charge is 2.20. The first kappa shape index (κ1) is 16.0.